The van der Waals surface area contributed by atoms with Gasteiger partial charge in [0.15, 0.2) is 11.5 Å². The average Bonchev–Trinajstić information content (AvgIpc) is 2.74. The molecule has 0 atom stereocenters. The lowest BCUT2D eigenvalue weighted by atomic mass is 10.2. The third kappa shape index (κ3) is 3.81. The molecule has 1 saturated heterocycles. The van der Waals surface area contributed by atoms with Crippen molar-refractivity contribution in [2.24, 2.45) is 0 Å². The van der Waals surface area contributed by atoms with E-state index in [-0.39, 0.29) is 5.91 Å². The first-order chi connectivity index (χ1) is 10.6. The molecule has 4 nitrogen and oxygen atoms in total. The van der Waals surface area contributed by atoms with E-state index in [0.29, 0.717) is 28.2 Å². The summed E-state index contributed by atoms with van der Waals surface area (Å²) in [6, 6.07) is 5.67. The highest BCUT2D eigenvalue weighted by molar-refractivity contribution is 8.26. The summed E-state index contributed by atoms with van der Waals surface area (Å²) in [7, 11) is 1.69. The third-order valence-electron chi connectivity index (χ3n) is 3.01. The summed E-state index contributed by atoms with van der Waals surface area (Å²) in [5, 5.41) is 0. The molecule has 6 heteroatoms. The van der Waals surface area contributed by atoms with Gasteiger partial charge in [-0.05, 0) is 37.1 Å². The molecule has 0 bridgehead atoms. The van der Waals surface area contributed by atoms with Crippen molar-refractivity contribution >= 4 is 40.3 Å². The molecule has 1 aromatic carbocycles. The Hall–Kier alpha value is -1.53. The van der Waals surface area contributed by atoms with Gasteiger partial charge in [0.2, 0.25) is 0 Å². The predicted molar refractivity (Wildman–Crippen MR) is 94.3 cm³/mol. The molecule has 1 fully saturated rings. The summed E-state index contributed by atoms with van der Waals surface area (Å²) < 4.78 is 11.9. The molecule has 1 aliphatic heterocycles. The molecule has 22 heavy (non-hydrogen) atoms. The van der Waals surface area contributed by atoms with Crippen molar-refractivity contribution < 1.29 is 14.3 Å². The Kier molecular flexibility index (Phi) is 5.85. The zero-order chi connectivity index (χ0) is 16.1. The van der Waals surface area contributed by atoms with E-state index in [0.717, 1.165) is 17.7 Å². The molecule has 2 rings (SSSR count). The van der Waals surface area contributed by atoms with E-state index in [2.05, 4.69) is 6.92 Å². The van der Waals surface area contributed by atoms with E-state index in [1.165, 1.54) is 16.7 Å². The minimum Gasteiger partial charge on any atom is -0.490 e. The molecule has 0 N–H and O–H groups in total. The lowest BCUT2D eigenvalue weighted by Crippen LogP contribution is -2.22. The molecule has 118 valence electrons. The van der Waals surface area contributed by atoms with Crippen molar-refractivity contribution in [1.82, 2.24) is 4.90 Å². The van der Waals surface area contributed by atoms with Crippen molar-refractivity contribution in [2.75, 3.05) is 20.3 Å². The number of carbonyl (C=O) groups excluding carboxylic acids is 1. The van der Waals surface area contributed by atoms with Crippen LogP contribution in [0.4, 0.5) is 0 Å². The molecular formula is C16H19NO3S2. The molecule has 0 aliphatic carbocycles. The molecule has 1 aromatic rings. The van der Waals surface area contributed by atoms with Crippen LogP contribution in [-0.2, 0) is 4.79 Å². The first-order valence-corrected chi connectivity index (χ1v) is 8.40. The van der Waals surface area contributed by atoms with Crippen LogP contribution in [0.3, 0.4) is 0 Å². The lowest BCUT2D eigenvalue weighted by molar-refractivity contribution is -0.121. The van der Waals surface area contributed by atoms with Crippen LogP contribution in [0.25, 0.3) is 6.08 Å². The maximum absolute atomic E-state index is 12.0. The first-order valence-electron chi connectivity index (χ1n) is 7.18. The molecule has 0 aromatic heterocycles. The highest BCUT2D eigenvalue weighted by atomic mass is 32.2. The molecule has 1 heterocycles. The lowest BCUT2D eigenvalue weighted by Gasteiger charge is -2.12. The monoisotopic (exact) mass is 337 g/mol. The maximum atomic E-state index is 12.0. The number of thioether (sulfide) groups is 1. The summed E-state index contributed by atoms with van der Waals surface area (Å²) >= 11 is 6.44. The molecule has 1 amide bonds. The fourth-order valence-electron chi connectivity index (χ4n) is 1.91. The van der Waals surface area contributed by atoms with Crippen LogP contribution < -0.4 is 9.47 Å². The van der Waals surface area contributed by atoms with Crippen LogP contribution in [0.1, 0.15) is 25.8 Å². The minimum absolute atomic E-state index is 0.0701. The molecular weight excluding hydrogens is 318 g/mol. The number of benzene rings is 1. The van der Waals surface area contributed by atoms with Crippen molar-refractivity contribution in [3.05, 3.63) is 28.7 Å². The Labute approximate surface area is 140 Å². The predicted octanol–water partition coefficient (Wildman–Crippen LogP) is 3.71. The maximum Gasteiger partial charge on any atom is 0.265 e. The SMILES string of the molecule is CCCOc1ccc(/C=C2\SC(=S)N(C)C2=O)cc1OCC. The van der Waals surface area contributed by atoms with Gasteiger partial charge < -0.3 is 9.47 Å². The van der Waals surface area contributed by atoms with Crippen LogP contribution >= 0.6 is 24.0 Å². The van der Waals surface area contributed by atoms with Gasteiger partial charge in [-0.3, -0.25) is 9.69 Å². The van der Waals surface area contributed by atoms with E-state index in [1.54, 1.807) is 7.05 Å². The average molecular weight is 337 g/mol. The minimum atomic E-state index is -0.0701. The number of likely N-dealkylation sites (N-methyl/N-ethyl adjacent to an activating group) is 1. The van der Waals surface area contributed by atoms with Gasteiger partial charge in [-0.25, -0.2) is 0 Å². The molecule has 0 unspecified atom stereocenters. The normalized spacial score (nSPS) is 16.5. The number of hydrogen-bond acceptors (Lipinski definition) is 5. The van der Waals surface area contributed by atoms with Crippen molar-refractivity contribution in [2.45, 2.75) is 20.3 Å². The van der Waals surface area contributed by atoms with Crippen molar-refractivity contribution in [3.63, 3.8) is 0 Å². The number of amides is 1. The van der Waals surface area contributed by atoms with Crippen molar-refractivity contribution in [3.8, 4) is 11.5 Å². The van der Waals surface area contributed by atoms with Crippen molar-refractivity contribution in [1.29, 1.82) is 0 Å². The van der Waals surface area contributed by atoms with Crippen LogP contribution in [0.15, 0.2) is 23.1 Å². The number of rotatable bonds is 6. The molecule has 0 saturated carbocycles. The van der Waals surface area contributed by atoms with Crippen LogP contribution in [0.2, 0.25) is 0 Å². The van der Waals surface area contributed by atoms with Crippen LogP contribution in [0, 0.1) is 0 Å². The fraction of sp³-hybridized carbons (Fsp3) is 0.375. The van der Waals surface area contributed by atoms with E-state index in [4.69, 9.17) is 21.7 Å². The standard InChI is InChI=1S/C16H19NO3S2/c1-4-8-20-12-7-6-11(9-13(12)19-5-2)10-14-15(18)17(3)16(21)22-14/h6-7,9-10H,4-5,8H2,1-3H3/b14-10-. The Morgan fingerprint density at radius 1 is 1.27 bits per heavy atom. The zero-order valence-electron chi connectivity index (χ0n) is 12.9. The van der Waals surface area contributed by atoms with Gasteiger partial charge in [0, 0.05) is 7.05 Å². The number of hydrogen-bond donors (Lipinski definition) is 0. The van der Waals surface area contributed by atoms with Gasteiger partial charge >= 0.3 is 0 Å². The molecule has 1 aliphatic rings. The number of carbonyl (C=O) groups is 1. The number of ether oxygens (including phenoxy) is 2. The van der Waals surface area contributed by atoms with Crippen LogP contribution in [-0.4, -0.2) is 35.4 Å². The highest BCUT2D eigenvalue weighted by Crippen LogP contribution is 2.34. The highest BCUT2D eigenvalue weighted by Gasteiger charge is 2.28. The summed E-state index contributed by atoms with van der Waals surface area (Å²) in [6.07, 6.45) is 2.77. The van der Waals surface area contributed by atoms with E-state index < -0.39 is 0 Å². The Morgan fingerprint density at radius 3 is 2.64 bits per heavy atom. The largest absolute Gasteiger partial charge is 0.490 e. The summed E-state index contributed by atoms with van der Waals surface area (Å²) in [6.45, 7) is 5.19. The second-order valence-corrected chi connectivity index (χ2v) is 6.40. The topological polar surface area (TPSA) is 38.8 Å². The zero-order valence-corrected chi connectivity index (χ0v) is 14.6. The van der Waals surface area contributed by atoms with Gasteiger partial charge in [-0.2, -0.15) is 0 Å². The van der Waals surface area contributed by atoms with Gasteiger partial charge in [-0.15, -0.1) is 0 Å². The Morgan fingerprint density at radius 2 is 2.05 bits per heavy atom. The van der Waals surface area contributed by atoms with E-state index in [9.17, 15) is 4.79 Å². The smallest absolute Gasteiger partial charge is 0.265 e. The molecule has 0 radical (unpaired) electrons. The third-order valence-corrected chi connectivity index (χ3v) is 4.50. The van der Waals surface area contributed by atoms with E-state index in [1.807, 2.05) is 31.2 Å². The summed E-state index contributed by atoms with van der Waals surface area (Å²) in [4.78, 5) is 14.1. The summed E-state index contributed by atoms with van der Waals surface area (Å²) in [5.74, 6) is 1.35. The van der Waals surface area contributed by atoms with Gasteiger partial charge in [-0.1, -0.05) is 37.0 Å². The summed E-state index contributed by atoms with van der Waals surface area (Å²) in [5.41, 5.74) is 0.890. The number of thiocarbonyl (C=S) groups is 1. The van der Waals surface area contributed by atoms with Crippen LogP contribution in [0.5, 0.6) is 11.5 Å². The second-order valence-electron chi connectivity index (χ2n) is 4.73. The molecule has 0 spiro atoms. The second kappa shape index (κ2) is 7.65. The van der Waals surface area contributed by atoms with Gasteiger partial charge in [0.05, 0.1) is 18.1 Å². The quantitative estimate of drug-likeness (QED) is 0.584. The Balaban J connectivity index is 2.27. The first kappa shape index (κ1) is 16.8. The van der Waals surface area contributed by atoms with Gasteiger partial charge in [0.25, 0.3) is 5.91 Å². The van der Waals surface area contributed by atoms with Gasteiger partial charge in [0.1, 0.15) is 4.32 Å². The Bertz CT molecular complexity index is 613. The van der Waals surface area contributed by atoms with E-state index >= 15 is 0 Å². The fourth-order valence-corrected chi connectivity index (χ4v) is 3.09. The number of nitrogens with zero attached hydrogens (tertiary/aromatic N) is 1.